The minimum atomic E-state index is 0.240. The number of carbonyl (C=O) groups is 1. The number of hydrogen-bond donors (Lipinski definition) is 0. The van der Waals surface area contributed by atoms with Crippen molar-refractivity contribution in [3.8, 4) is 11.3 Å². The SMILES string of the molecule is Cc1nc2cc(-c3ccc(Cl)cc3)nn2c(C)c1CCC(=O)N1CCC(Cc2ccccc2)CC1. The van der Waals surface area contributed by atoms with Crippen LogP contribution < -0.4 is 0 Å². The van der Waals surface area contributed by atoms with Crippen molar-refractivity contribution in [2.24, 2.45) is 5.92 Å². The molecular formula is C29H31ClN4O. The number of benzene rings is 2. The van der Waals surface area contributed by atoms with E-state index in [2.05, 4.69) is 37.3 Å². The molecule has 5 nitrogen and oxygen atoms in total. The molecule has 0 atom stereocenters. The zero-order valence-electron chi connectivity index (χ0n) is 20.4. The van der Waals surface area contributed by atoms with Crippen molar-refractivity contribution in [3.63, 3.8) is 0 Å². The Morgan fingerprint density at radius 3 is 2.46 bits per heavy atom. The molecule has 5 rings (SSSR count). The van der Waals surface area contributed by atoms with E-state index in [1.807, 2.05) is 46.7 Å². The zero-order valence-corrected chi connectivity index (χ0v) is 21.1. The lowest BCUT2D eigenvalue weighted by atomic mass is 9.90. The highest BCUT2D eigenvalue weighted by molar-refractivity contribution is 6.30. The molecule has 1 aliphatic heterocycles. The quantitative estimate of drug-likeness (QED) is 0.332. The van der Waals surface area contributed by atoms with Crippen molar-refractivity contribution < 1.29 is 4.79 Å². The second-order valence-electron chi connectivity index (χ2n) is 9.58. The number of aromatic nitrogens is 3. The Hall–Kier alpha value is -3.18. The van der Waals surface area contributed by atoms with Gasteiger partial charge in [-0.3, -0.25) is 4.79 Å². The number of fused-ring (bicyclic) bond motifs is 1. The van der Waals surface area contributed by atoms with E-state index in [4.69, 9.17) is 21.7 Å². The second kappa shape index (κ2) is 10.2. The maximum absolute atomic E-state index is 13.0. The van der Waals surface area contributed by atoms with Gasteiger partial charge in [0.2, 0.25) is 5.91 Å². The van der Waals surface area contributed by atoms with E-state index >= 15 is 0 Å². The molecule has 6 heteroatoms. The van der Waals surface area contributed by atoms with Crippen LogP contribution in [0.3, 0.4) is 0 Å². The van der Waals surface area contributed by atoms with Crippen molar-refractivity contribution in [2.75, 3.05) is 13.1 Å². The van der Waals surface area contributed by atoms with Crippen LogP contribution in [-0.2, 0) is 17.6 Å². The highest BCUT2D eigenvalue weighted by Crippen LogP contribution is 2.25. The van der Waals surface area contributed by atoms with Gasteiger partial charge in [-0.25, -0.2) is 9.50 Å². The van der Waals surface area contributed by atoms with Crippen LogP contribution in [0.1, 0.15) is 41.8 Å². The molecule has 1 saturated heterocycles. The fourth-order valence-corrected chi connectivity index (χ4v) is 5.30. The van der Waals surface area contributed by atoms with Gasteiger partial charge in [0.05, 0.1) is 5.69 Å². The molecule has 0 N–H and O–H groups in total. The van der Waals surface area contributed by atoms with Gasteiger partial charge in [-0.15, -0.1) is 0 Å². The standard InChI is InChI=1S/C29H31ClN4O/c1-20-26(21(2)34-28(31-20)19-27(32-34)24-8-10-25(30)11-9-24)12-13-29(35)33-16-14-23(15-17-33)18-22-6-4-3-5-7-22/h3-11,19,23H,12-18H2,1-2H3. The first-order valence-electron chi connectivity index (χ1n) is 12.4. The third-order valence-electron chi connectivity index (χ3n) is 7.23. The van der Waals surface area contributed by atoms with Gasteiger partial charge in [0.15, 0.2) is 5.65 Å². The number of halogens is 1. The number of likely N-dealkylation sites (tertiary alicyclic amines) is 1. The summed E-state index contributed by atoms with van der Waals surface area (Å²) in [5.74, 6) is 0.900. The first-order chi connectivity index (χ1) is 17.0. The number of amides is 1. The summed E-state index contributed by atoms with van der Waals surface area (Å²) in [6, 6.07) is 20.3. The van der Waals surface area contributed by atoms with Crippen molar-refractivity contribution in [2.45, 2.75) is 46.0 Å². The number of aryl methyl sites for hydroxylation is 2. The summed E-state index contributed by atoms with van der Waals surface area (Å²) in [7, 11) is 0. The van der Waals surface area contributed by atoms with Crippen molar-refractivity contribution in [1.82, 2.24) is 19.5 Å². The number of piperidine rings is 1. The van der Waals surface area contributed by atoms with E-state index in [1.165, 1.54) is 5.56 Å². The van der Waals surface area contributed by atoms with Gasteiger partial charge in [0.1, 0.15) is 0 Å². The number of nitrogens with zero attached hydrogens (tertiary/aromatic N) is 4. The summed E-state index contributed by atoms with van der Waals surface area (Å²) in [6.07, 6.45) is 4.44. The lowest BCUT2D eigenvalue weighted by molar-refractivity contribution is -0.132. The van der Waals surface area contributed by atoms with Gasteiger partial charge >= 0.3 is 0 Å². The molecule has 0 unspecified atom stereocenters. The Morgan fingerprint density at radius 1 is 1.03 bits per heavy atom. The molecule has 0 bridgehead atoms. The minimum Gasteiger partial charge on any atom is -0.343 e. The Morgan fingerprint density at radius 2 is 1.74 bits per heavy atom. The fourth-order valence-electron chi connectivity index (χ4n) is 5.17. The predicted octanol–water partition coefficient (Wildman–Crippen LogP) is 6.08. The average molecular weight is 487 g/mol. The van der Waals surface area contributed by atoms with E-state index in [1.54, 1.807) is 0 Å². The zero-order chi connectivity index (χ0) is 24.4. The van der Waals surface area contributed by atoms with Crippen LogP contribution in [-0.4, -0.2) is 38.5 Å². The van der Waals surface area contributed by atoms with Crippen molar-refractivity contribution in [3.05, 3.63) is 88.2 Å². The molecule has 2 aromatic heterocycles. The lowest BCUT2D eigenvalue weighted by Crippen LogP contribution is -2.39. The summed E-state index contributed by atoms with van der Waals surface area (Å²) < 4.78 is 1.89. The third-order valence-corrected chi connectivity index (χ3v) is 7.48. The largest absolute Gasteiger partial charge is 0.343 e. The second-order valence-corrected chi connectivity index (χ2v) is 10.0. The fraction of sp³-hybridized carbons (Fsp3) is 0.345. The number of rotatable bonds is 6. The highest BCUT2D eigenvalue weighted by atomic mass is 35.5. The first-order valence-corrected chi connectivity index (χ1v) is 12.8. The van der Waals surface area contributed by atoms with Crippen LogP contribution in [0.25, 0.3) is 16.9 Å². The van der Waals surface area contributed by atoms with Crippen LogP contribution in [0.5, 0.6) is 0 Å². The Bertz CT molecular complexity index is 1320. The van der Waals surface area contributed by atoms with Crippen LogP contribution in [0, 0.1) is 19.8 Å². The summed E-state index contributed by atoms with van der Waals surface area (Å²) in [5.41, 5.74) is 7.20. The molecular weight excluding hydrogens is 456 g/mol. The molecule has 35 heavy (non-hydrogen) atoms. The number of carbonyl (C=O) groups excluding carboxylic acids is 1. The summed E-state index contributed by atoms with van der Waals surface area (Å²) in [4.78, 5) is 19.8. The van der Waals surface area contributed by atoms with Crippen LogP contribution >= 0.6 is 11.6 Å². The Kier molecular flexibility index (Phi) is 6.87. The Balaban J connectivity index is 1.22. The smallest absolute Gasteiger partial charge is 0.222 e. The van der Waals surface area contributed by atoms with Crippen LogP contribution in [0.4, 0.5) is 0 Å². The van der Waals surface area contributed by atoms with Crippen LogP contribution in [0.15, 0.2) is 60.7 Å². The van der Waals surface area contributed by atoms with E-state index < -0.39 is 0 Å². The molecule has 1 amide bonds. The minimum absolute atomic E-state index is 0.240. The molecule has 0 radical (unpaired) electrons. The maximum Gasteiger partial charge on any atom is 0.222 e. The summed E-state index contributed by atoms with van der Waals surface area (Å²) in [6.45, 7) is 5.80. The van der Waals surface area contributed by atoms with Gasteiger partial charge in [-0.05, 0) is 68.7 Å². The van der Waals surface area contributed by atoms with E-state index in [-0.39, 0.29) is 5.91 Å². The van der Waals surface area contributed by atoms with Crippen molar-refractivity contribution in [1.29, 1.82) is 0 Å². The molecule has 0 saturated carbocycles. The predicted molar refractivity (Wildman–Crippen MR) is 141 cm³/mol. The Labute approximate surface area is 211 Å². The van der Waals surface area contributed by atoms with E-state index in [0.717, 1.165) is 66.2 Å². The molecule has 1 aliphatic rings. The maximum atomic E-state index is 13.0. The molecule has 4 aromatic rings. The van der Waals surface area contributed by atoms with E-state index in [9.17, 15) is 4.79 Å². The summed E-state index contributed by atoms with van der Waals surface area (Å²) in [5, 5.41) is 5.49. The van der Waals surface area contributed by atoms with Crippen LogP contribution in [0.2, 0.25) is 5.02 Å². The van der Waals surface area contributed by atoms with Gasteiger partial charge in [0.25, 0.3) is 0 Å². The summed E-state index contributed by atoms with van der Waals surface area (Å²) >= 11 is 6.03. The third kappa shape index (κ3) is 5.25. The molecule has 2 aromatic carbocycles. The average Bonchev–Trinajstić information content (AvgIpc) is 3.29. The van der Waals surface area contributed by atoms with Gasteiger partial charge < -0.3 is 4.90 Å². The molecule has 3 heterocycles. The topological polar surface area (TPSA) is 50.5 Å². The molecule has 0 aliphatic carbocycles. The number of hydrogen-bond acceptors (Lipinski definition) is 3. The normalized spacial score (nSPS) is 14.5. The van der Waals surface area contributed by atoms with Gasteiger partial charge in [0, 0.05) is 47.6 Å². The van der Waals surface area contributed by atoms with Gasteiger partial charge in [-0.1, -0.05) is 54.1 Å². The van der Waals surface area contributed by atoms with E-state index in [0.29, 0.717) is 23.8 Å². The monoisotopic (exact) mass is 486 g/mol. The molecule has 0 spiro atoms. The molecule has 1 fully saturated rings. The first kappa shape index (κ1) is 23.6. The highest BCUT2D eigenvalue weighted by Gasteiger charge is 2.23. The molecule has 180 valence electrons. The van der Waals surface area contributed by atoms with Gasteiger partial charge in [-0.2, -0.15) is 5.10 Å². The van der Waals surface area contributed by atoms with Crippen molar-refractivity contribution >= 4 is 23.2 Å². The lowest BCUT2D eigenvalue weighted by Gasteiger charge is -2.32.